The Bertz CT molecular complexity index is 391. The second-order valence-electron chi connectivity index (χ2n) is 5.13. The molecule has 0 spiro atoms. The number of benzene rings is 1. The molecular weight excluding hydrogens is 242 g/mol. The maximum absolute atomic E-state index is 10.0. The summed E-state index contributed by atoms with van der Waals surface area (Å²) >= 11 is 0. The van der Waals surface area contributed by atoms with Gasteiger partial charge in [0.05, 0.1) is 12.2 Å². The first-order chi connectivity index (χ1) is 9.23. The molecule has 0 radical (unpaired) electrons. The lowest BCUT2D eigenvalue weighted by atomic mass is 9.80. The van der Waals surface area contributed by atoms with E-state index in [1.54, 1.807) is 7.11 Å². The third-order valence-corrected chi connectivity index (χ3v) is 3.57. The molecule has 0 saturated heterocycles. The van der Waals surface area contributed by atoms with E-state index in [2.05, 4.69) is 5.32 Å². The number of rotatable bonds is 8. The fourth-order valence-electron chi connectivity index (χ4n) is 2.22. The summed E-state index contributed by atoms with van der Waals surface area (Å²) in [6.07, 6.45) is 2.95. The first-order valence-electron chi connectivity index (χ1n) is 6.86. The summed E-state index contributed by atoms with van der Waals surface area (Å²) in [5.74, 6) is 0.882. The van der Waals surface area contributed by atoms with Crippen molar-refractivity contribution in [1.82, 2.24) is 5.32 Å². The zero-order chi connectivity index (χ0) is 13.6. The quantitative estimate of drug-likeness (QED) is 0.703. The number of ether oxygens (including phenoxy) is 2. The van der Waals surface area contributed by atoms with E-state index < -0.39 is 5.60 Å². The maximum atomic E-state index is 10.0. The number of para-hydroxylation sites is 1. The van der Waals surface area contributed by atoms with E-state index in [1.807, 2.05) is 24.3 Å². The van der Waals surface area contributed by atoms with Gasteiger partial charge in [-0.15, -0.1) is 0 Å². The van der Waals surface area contributed by atoms with Crippen LogP contribution in [-0.4, -0.2) is 37.6 Å². The van der Waals surface area contributed by atoms with Crippen LogP contribution in [-0.2, 0) is 11.3 Å². The first kappa shape index (κ1) is 14.3. The summed E-state index contributed by atoms with van der Waals surface area (Å²) in [6.45, 7) is 2.50. The Morgan fingerprint density at radius 3 is 2.74 bits per heavy atom. The highest BCUT2D eigenvalue weighted by Crippen LogP contribution is 2.30. The minimum atomic E-state index is -0.480. The SMILES string of the molecule is COCCOc1ccccc1CNCC1(O)CCC1. The lowest BCUT2D eigenvalue weighted by Gasteiger charge is -2.36. The zero-order valence-electron chi connectivity index (χ0n) is 11.5. The molecular formula is C15H23NO3. The minimum Gasteiger partial charge on any atom is -0.491 e. The third-order valence-electron chi connectivity index (χ3n) is 3.57. The van der Waals surface area contributed by atoms with E-state index in [1.165, 1.54) is 0 Å². The molecule has 1 fully saturated rings. The second-order valence-corrected chi connectivity index (χ2v) is 5.13. The highest BCUT2D eigenvalue weighted by molar-refractivity contribution is 5.33. The van der Waals surface area contributed by atoms with Gasteiger partial charge in [0, 0.05) is 25.8 Å². The van der Waals surface area contributed by atoms with Crippen molar-refractivity contribution < 1.29 is 14.6 Å². The number of hydrogen-bond donors (Lipinski definition) is 2. The molecule has 2 N–H and O–H groups in total. The van der Waals surface area contributed by atoms with Crippen molar-refractivity contribution in [1.29, 1.82) is 0 Å². The van der Waals surface area contributed by atoms with Gasteiger partial charge in [0.2, 0.25) is 0 Å². The first-order valence-corrected chi connectivity index (χ1v) is 6.86. The van der Waals surface area contributed by atoms with Crippen LogP contribution >= 0.6 is 0 Å². The van der Waals surface area contributed by atoms with Crippen LogP contribution in [0.3, 0.4) is 0 Å². The molecule has 0 heterocycles. The van der Waals surface area contributed by atoms with Gasteiger partial charge in [0.1, 0.15) is 12.4 Å². The molecule has 2 rings (SSSR count). The van der Waals surface area contributed by atoms with Crippen LogP contribution in [0.25, 0.3) is 0 Å². The van der Waals surface area contributed by atoms with Gasteiger partial charge in [0.25, 0.3) is 0 Å². The van der Waals surface area contributed by atoms with Gasteiger partial charge in [-0.1, -0.05) is 18.2 Å². The molecule has 19 heavy (non-hydrogen) atoms. The molecule has 0 amide bonds. The molecule has 0 aliphatic heterocycles. The smallest absolute Gasteiger partial charge is 0.123 e. The predicted molar refractivity (Wildman–Crippen MR) is 74.3 cm³/mol. The Morgan fingerprint density at radius 2 is 2.05 bits per heavy atom. The van der Waals surface area contributed by atoms with Gasteiger partial charge in [-0.2, -0.15) is 0 Å². The van der Waals surface area contributed by atoms with Crippen molar-refractivity contribution in [3.63, 3.8) is 0 Å². The summed E-state index contributed by atoms with van der Waals surface area (Å²) < 4.78 is 10.7. The van der Waals surface area contributed by atoms with Gasteiger partial charge >= 0.3 is 0 Å². The monoisotopic (exact) mass is 265 g/mol. The van der Waals surface area contributed by atoms with Crippen LogP contribution in [0.1, 0.15) is 24.8 Å². The van der Waals surface area contributed by atoms with Crippen LogP contribution in [0, 0.1) is 0 Å². The molecule has 1 aromatic rings. The lowest BCUT2D eigenvalue weighted by molar-refractivity contribution is -0.0315. The van der Waals surface area contributed by atoms with Crippen LogP contribution in [0.2, 0.25) is 0 Å². The molecule has 1 aliphatic carbocycles. The van der Waals surface area contributed by atoms with Crippen molar-refractivity contribution in [2.75, 3.05) is 26.9 Å². The minimum absolute atomic E-state index is 0.480. The van der Waals surface area contributed by atoms with Crippen LogP contribution in [0.5, 0.6) is 5.75 Å². The van der Waals surface area contributed by atoms with Crippen LogP contribution in [0.4, 0.5) is 0 Å². The number of nitrogens with one attached hydrogen (secondary N) is 1. The van der Waals surface area contributed by atoms with E-state index in [4.69, 9.17) is 9.47 Å². The summed E-state index contributed by atoms with van der Waals surface area (Å²) in [6, 6.07) is 7.97. The van der Waals surface area contributed by atoms with E-state index >= 15 is 0 Å². The molecule has 0 unspecified atom stereocenters. The fraction of sp³-hybridized carbons (Fsp3) is 0.600. The van der Waals surface area contributed by atoms with Crippen LogP contribution < -0.4 is 10.1 Å². The van der Waals surface area contributed by atoms with Gasteiger partial charge < -0.3 is 19.9 Å². The van der Waals surface area contributed by atoms with Crippen molar-refractivity contribution in [2.24, 2.45) is 0 Å². The second kappa shape index (κ2) is 6.89. The Hall–Kier alpha value is -1.10. The molecule has 1 aliphatic rings. The highest BCUT2D eigenvalue weighted by Gasteiger charge is 2.33. The molecule has 0 aromatic heterocycles. The normalized spacial score (nSPS) is 16.9. The molecule has 0 bridgehead atoms. The molecule has 4 heteroatoms. The summed E-state index contributed by atoms with van der Waals surface area (Å²) in [7, 11) is 1.66. The number of aliphatic hydroxyl groups is 1. The van der Waals surface area contributed by atoms with Crippen molar-refractivity contribution in [3.05, 3.63) is 29.8 Å². The topological polar surface area (TPSA) is 50.7 Å². The lowest BCUT2D eigenvalue weighted by Crippen LogP contribution is -2.46. The average molecular weight is 265 g/mol. The molecule has 106 valence electrons. The largest absolute Gasteiger partial charge is 0.491 e. The van der Waals surface area contributed by atoms with E-state index in [0.717, 1.165) is 30.6 Å². The van der Waals surface area contributed by atoms with Crippen molar-refractivity contribution in [2.45, 2.75) is 31.4 Å². The predicted octanol–water partition coefficient (Wildman–Crippen LogP) is 1.72. The van der Waals surface area contributed by atoms with E-state index in [-0.39, 0.29) is 0 Å². The van der Waals surface area contributed by atoms with Crippen LogP contribution in [0.15, 0.2) is 24.3 Å². The molecule has 1 aromatic carbocycles. The van der Waals surface area contributed by atoms with Crippen molar-refractivity contribution in [3.8, 4) is 5.75 Å². The van der Waals surface area contributed by atoms with Gasteiger partial charge in [-0.3, -0.25) is 0 Å². The third kappa shape index (κ3) is 4.20. The maximum Gasteiger partial charge on any atom is 0.123 e. The van der Waals surface area contributed by atoms with Gasteiger partial charge in [0.15, 0.2) is 0 Å². The number of hydrogen-bond acceptors (Lipinski definition) is 4. The molecule has 0 atom stereocenters. The molecule has 1 saturated carbocycles. The summed E-state index contributed by atoms with van der Waals surface area (Å²) in [4.78, 5) is 0. The van der Waals surface area contributed by atoms with E-state index in [9.17, 15) is 5.11 Å². The Morgan fingerprint density at radius 1 is 1.26 bits per heavy atom. The summed E-state index contributed by atoms with van der Waals surface area (Å²) in [5.41, 5.74) is 0.632. The van der Waals surface area contributed by atoms with Gasteiger partial charge in [-0.05, 0) is 25.3 Å². The highest BCUT2D eigenvalue weighted by atomic mass is 16.5. The standard InChI is InChI=1S/C15H23NO3/c1-18-9-10-19-14-6-3-2-5-13(14)11-16-12-15(17)7-4-8-15/h2-3,5-6,16-17H,4,7-12H2,1H3. The number of methoxy groups -OCH3 is 1. The Kier molecular flexibility index (Phi) is 5.19. The van der Waals surface area contributed by atoms with Gasteiger partial charge in [-0.25, -0.2) is 0 Å². The Labute approximate surface area is 114 Å². The fourth-order valence-corrected chi connectivity index (χ4v) is 2.22. The van der Waals surface area contributed by atoms with E-state index in [0.29, 0.717) is 26.3 Å². The molecule has 4 nitrogen and oxygen atoms in total. The van der Waals surface area contributed by atoms with Crippen molar-refractivity contribution >= 4 is 0 Å². The zero-order valence-corrected chi connectivity index (χ0v) is 11.5. The summed E-state index contributed by atoms with van der Waals surface area (Å²) in [5, 5.41) is 13.3. The Balaban J connectivity index is 1.81. The average Bonchev–Trinajstić information content (AvgIpc) is 2.39.